The third-order valence-corrected chi connectivity index (χ3v) is 2.94. The van der Waals surface area contributed by atoms with E-state index in [9.17, 15) is 0 Å². The first-order chi connectivity index (χ1) is 7.72. The van der Waals surface area contributed by atoms with Gasteiger partial charge in [-0.25, -0.2) is 0 Å². The number of para-hydroxylation sites is 1. The van der Waals surface area contributed by atoms with Crippen LogP contribution in [0.25, 0.3) is 0 Å². The molecule has 0 amide bonds. The molecule has 2 unspecified atom stereocenters. The molecule has 84 valence electrons. The summed E-state index contributed by atoms with van der Waals surface area (Å²) >= 11 is 0. The van der Waals surface area contributed by atoms with Crippen molar-refractivity contribution in [1.82, 2.24) is 0 Å². The molecule has 1 aromatic carbocycles. The molecule has 0 bridgehead atoms. The maximum absolute atomic E-state index is 8.87. The number of nitrogen functional groups attached to an aromatic ring is 1. The minimum Gasteiger partial charge on any atom is -0.396 e. The van der Waals surface area contributed by atoms with Crippen LogP contribution < -0.4 is 11.1 Å². The van der Waals surface area contributed by atoms with Crippen molar-refractivity contribution in [3.8, 4) is 6.07 Å². The molecule has 1 fully saturated rings. The van der Waals surface area contributed by atoms with Crippen LogP contribution in [-0.2, 0) is 4.74 Å². The largest absolute Gasteiger partial charge is 0.396 e. The molecule has 1 aliphatic heterocycles. The predicted molar refractivity (Wildman–Crippen MR) is 63.0 cm³/mol. The summed E-state index contributed by atoms with van der Waals surface area (Å²) in [6.07, 6.45) is 1.15. The summed E-state index contributed by atoms with van der Waals surface area (Å²) in [6.45, 7) is 2.81. The zero-order valence-electron chi connectivity index (χ0n) is 9.23. The Kier molecular flexibility index (Phi) is 2.97. The van der Waals surface area contributed by atoms with Gasteiger partial charge in [0.25, 0.3) is 0 Å². The van der Waals surface area contributed by atoms with Crippen LogP contribution in [0, 0.1) is 11.3 Å². The summed E-state index contributed by atoms with van der Waals surface area (Å²) in [5, 5.41) is 12.2. The van der Waals surface area contributed by atoms with Gasteiger partial charge in [0.2, 0.25) is 0 Å². The highest BCUT2D eigenvalue weighted by atomic mass is 16.5. The fourth-order valence-electron chi connectivity index (χ4n) is 1.91. The number of nitrogens with one attached hydrogen (secondary N) is 1. The van der Waals surface area contributed by atoms with E-state index in [-0.39, 0.29) is 12.1 Å². The smallest absolute Gasteiger partial charge is 0.101 e. The molecule has 4 heteroatoms. The van der Waals surface area contributed by atoms with Crippen LogP contribution in [0.15, 0.2) is 18.2 Å². The first kappa shape index (κ1) is 10.8. The Morgan fingerprint density at radius 3 is 3.00 bits per heavy atom. The number of nitrogens with two attached hydrogens (primary N) is 1. The lowest BCUT2D eigenvalue weighted by molar-refractivity contribution is 0.121. The number of hydrogen-bond donors (Lipinski definition) is 2. The van der Waals surface area contributed by atoms with Gasteiger partial charge in [0.1, 0.15) is 6.07 Å². The highest BCUT2D eigenvalue weighted by molar-refractivity contribution is 5.73. The van der Waals surface area contributed by atoms with Crippen molar-refractivity contribution >= 4 is 11.4 Å². The lowest BCUT2D eigenvalue weighted by Gasteiger charge is -2.18. The second kappa shape index (κ2) is 4.42. The molecular formula is C12H15N3O. The van der Waals surface area contributed by atoms with E-state index in [0.717, 1.165) is 18.7 Å². The van der Waals surface area contributed by atoms with Gasteiger partial charge in [-0.05, 0) is 25.5 Å². The zero-order chi connectivity index (χ0) is 11.5. The molecule has 4 nitrogen and oxygen atoms in total. The molecule has 0 radical (unpaired) electrons. The lowest BCUT2D eigenvalue weighted by atomic mass is 10.1. The normalized spacial score (nSPS) is 24.0. The molecular weight excluding hydrogens is 202 g/mol. The Labute approximate surface area is 95.0 Å². The first-order valence-electron chi connectivity index (χ1n) is 5.39. The van der Waals surface area contributed by atoms with Crippen LogP contribution in [0.4, 0.5) is 11.4 Å². The van der Waals surface area contributed by atoms with E-state index in [1.54, 1.807) is 6.07 Å². The molecule has 0 aliphatic carbocycles. The zero-order valence-corrected chi connectivity index (χ0v) is 9.23. The monoisotopic (exact) mass is 217 g/mol. The first-order valence-corrected chi connectivity index (χ1v) is 5.39. The summed E-state index contributed by atoms with van der Waals surface area (Å²) in [7, 11) is 0. The van der Waals surface area contributed by atoms with Crippen LogP contribution in [0.2, 0.25) is 0 Å². The van der Waals surface area contributed by atoms with E-state index >= 15 is 0 Å². The lowest BCUT2D eigenvalue weighted by Crippen LogP contribution is -2.27. The Balaban J connectivity index is 2.19. The van der Waals surface area contributed by atoms with Crippen LogP contribution in [0.5, 0.6) is 0 Å². The molecule has 1 aliphatic rings. The second-order valence-electron chi connectivity index (χ2n) is 3.99. The van der Waals surface area contributed by atoms with Crippen LogP contribution >= 0.6 is 0 Å². The fraction of sp³-hybridized carbons (Fsp3) is 0.417. The van der Waals surface area contributed by atoms with Crippen molar-refractivity contribution in [2.24, 2.45) is 0 Å². The Bertz CT molecular complexity index is 425. The van der Waals surface area contributed by atoms with Crippen molar-refractivity contribution in [2.45, 2.75) is 25.5 Å². The second-order valence-corrected chi connectivity index (χ2v) is 3.99. The van der Waals surface area contributed by atoms with Gasteiger partial charge in [-0.3, -0.25) is 0 Å². The van der Waals surface area contributed by atoms with Gasteiger partial charge in [0.05, 0.1) is 29.1 Å². The average Bonchev–Trinajstić information content (AvgIpc) is 2.68. The van der Waals surface area contributed by atoms with Gasteiger partial charge in [0.15, 0.2) is 0 Å². The van der Waals surface area contributed by atoms with Crippen LogP contribution in [0.3, 0.4) is 0 Å². The number of ether oxygens (including phenoxy) is 1. The molecule has 1 saturated heterocycles. The molecule has 0 aromatic heterocycles. The topological polar surface area (TPSA) is 71.1 Å². The summed E-state index contributed by atoms with van der Waals surface area (Å²) in [5.41, 5.74) is 7.74. The van der Waals surface area contributed by atoms with Gasteiger partial charge in [-0.1, -0.05) is 6.07 Å². The molecule has 1 heterocycles. The van der Waals surface area contributed by atoms with E-state index in [0.29, 0.717) is 11.3 Å². The molecule has 2 rings (SSSR count). The average molecular weight is 217 g/mol. The van der Waals surface area contributed by atoms with E-state index < -0.39 is 0 Å². The number of nitrogens with zero attached hydrogens (tertiary/aromatic N) is 1. The Hall–Kier alpha value is -1.73. The van der Waals surface area contributed by atoms with E-state index in [1.807, 2.05) is 19.1 Å². The van der Waals surface area contributed by atoms with Gasteiger partial charge in [0, 0.05) is 6.61 Å². The third-order valence-electron chi connectivity index (χ3n) is 2.94. The van der Waals surface area contributed by atoms with Gasteiger partial charge >= 0.3 is 0 Å². The fourth-order valence-corrected chi connectivity index (χ4v) is 1.91. The van der Waals surface area contributed by atoms with Crippen LogP contribution in [-0.4, -0.2) is 18.8 Å². The minimum atomic E-state index is 0.185. The van der Waals surface area contributed by atoms with E-state index in [1.165, 1.54) is 0 Å². The maximum Gasteiger partial charge on any atom is 0.101 e. The summed E-state index contributed by atoms with van der Waals surface area (Å²) in [6, 6.07) is 7.79. The molecule has 2 atom stereocenters. The Morgan fingerprint density at radius 1 is 1.56 bits per heavy atom. The van der Waals surface area contributed by atoms with E-state index in [4.69, 9.17) is 15.7 Å². The molecule has 3 N–H and O–H groups in total. The summed E-state index contributed by atoms with van der Waals surface area (Å²) in [4.78, 5) is 0. The SMILES string of the molecule is CC1OCCC1Nc1cccc(C#N)c1N. The number of anilines is 2. The molecule has 1 aromatic rings. The number of rotatable bonds is 2. The minimum absolute atomic E-state index is 0.185. The van der Waals surface area contributed by atoms with Crippen molar-refractivity contribution in [2.75, 3.05) is 17.7 Å². The predicted octanol–water partition coefficient (Wildman–Crippen LogP) is 1.73. The quantitative estimate of drug-likeness (QED) is 0.740. The summed E-state index contributed by atoms with van der Waals surface area (Å²) in [5.74, 6) is 0. The Morgan fingerprint density at radius 2 is 2.38 bits per heavy atom. The van der Waals surface area contributed by atoms with Crippen molar-refractivity contribution in [1.29, 1.82) is 5.26 Å². The van der Waals surface area contributed by atoms with Gasteiger partial charge in [-0.2, -0.15) is 5.26 Å². The van der Waals surface area contributed by atoms with Crippen molar-refractivity contribution < 1.29 is 4.74 Å². The van der Waals surface area contributed by atoms with E-state index in [2.05, 4.69) is 11.4 Å². The molecule has 16 heavy (non-hydrogen) atoms. The number of nitriles is 1. The van der Waals surface area contributed by atoms with Crippen molar-refractivity contribution in [3.63, 3.8) is 0 Å². The summed E-state index contributed by atoms with van der Waals surface area (Å²) < 4.78 is 5.47. The molecule has 0 spiro atoms. The third kappa shape index (κ3) is 1.95. The highest BCUT2D eigenvalue weighted by Crippen LogP contribution is 2.25. The van der Waals surface area contributed by atoms with Gasteiger partial charge < -0.3 is 15.8 Å². The number of hydrogen-bond acceptors (Lipinski definition) is 4. The van der Waals surface area contributed by atoms with Gasteiger partial charge in [-0.15, -0.1) is 0 Å². The maximum atomic E-state index is 8.87. The standard InChI is InChI=1S/C12H15N3O/c1-8-10(5-6-16-8)15-11-4-2-3-9(7-13)12(11)14/h2-4,8,10,15H,5-6,14H2,1H3. The molecule has 0 saturated carbocycles. The number of benzene rings is 1. The van der Waals surface area contributed by atoms with Crippen molar-refractivity contribution in [3.05, 3.63) is 23.8 Å². The van der Waals surface area contributed by atoms with Crippen LogP contribution in [0.1, 0.15) is 18.9 Å². The highest BCUT2D eigenvalue weighted by Gasteiger charge is 2.24.